The Labute approximate surface area is 170 Å². The van der Waals surface area contributed by atoms with Crippen LogP contribution in [0.1, 0.15) is 22.4 Å². The summed E-state index contributed by atoms with van der Waals surface area (Å²) in [6.45, 7) is 2.35. The van der Waals surface area contributed by atoms with Gasteiger partial charge in [-0.15, -0.1) is 11.3 Å². The van der Waals surface area contributed by atoms with E-state index in [1.807, 2.05) is 52.3 Å². The van der Waals surface area contributed by atoms with Crippen LogP contribution < -0.4 is 4.72 Å². The Balaban J connectivity index is 2.17. The molecule has 1 unspecified atom stereocenters. The summed E-state index contributed by atoms with van der Waals surface area (Å²) in [5.41, 5.74) is 2.00. The smallest absolute Gasteiger partial charge is 0.305 e. The summed E-state index contributed by atoms with van der Waals surface area (Å²) in [4.78, 5) is 11.7. The van der Waals surface area contributed by atoms with Crippen molar-refractivity contribution in [1.29, 1.82) is 0 Å². The standard InChI is InChI=1S/C20H24N2O4S2/c1-15-5-7-16(8-6-15)9-10-18-11-12-20(27-18)28(25,26)21-17(13-19(23)24)14-22(2,3)4/h5-8,11-12,17,21H,13-14H2,1-4H3/p+1. The Morgan fingerprint density at radius 3 is 2.36 bits per heavy atom. The maximum atomic E-state index is 12.7. The zero-order valence-corrected chi connectivity index (χ0v) is 18.0. The van der Waals surface area contributed by atoms with Crippen molar-refractivity contribution in [2.45, 2.75) is 23.6 Å². The molecule has 8 heteroatoms. The van der Waals surface area contributed by atoms with Crippen molar-refractivity contribution in [3.8, 4) is 11.8 Å². The molecule has 1 atom stereocenters. The number of likely N-dealkylation sites (N-methyl/N-ethyl adjacent to an activating group) is 1. The van der Waals surface area contributed by atoms with Crippen molar-refractivity contribution in [3.63, 3.8) is 0 Å². The number of aliphatic carboxylic acids is 1. The quantitative estimate of drug-likeness (QED) is 0.531. The highest BCUT2D eigenvalue weighted by Crippen LogP contribution is 2.21. The second kappa shape index (κ2) is 8.88. The van der Waals surface area contributed by atoms with Crippen molar-refractivity contribution in [3.05, 3.63) is 52.4 Å². The second-order valence-electron chi connectivity index (χ2n) is 7.62. The monoisotopic (exact) mass is 421 g/mol. The molecule has 0 bridgehead atoms. The summed E-state index contributed by atoms with van der Waals surface area (Å²) in [6, 6.07) is 10.2. The van der Waals surface area contributed by atoms with Crippen molar-refractivity contribution in [1.82, 2.24) is 4.72 Å². The number of carbonyl (C=O) groups is 1. The van der Waals surface area contributed by atoms with Gasteiger partial charge in [-0.1, -0.05) is 29.5 Å². The topological polar surface area (TPSA) is 83.5 Å². The molecule has 1 aromatic carbocycles. The molecule has 0 aliphatic rings. The lowest BCUT2D eigenvalue weighted by Gasteiger charge is -2.28. The predicted octanol–water partition coefficient (Wildman–Crippen LogP) is 2.28. The average molecular weight is 422 g/mol. The largest absolute Gasteiger partial charge is 0.481 e. The van der Waals surface area contributed by atoms with Gasteiger partial charge in [-0.2, -0.15) is 0 Å². The fourth-order valence-electron chi connectivity index (χ4n) is 2.60. The number of thiophene rings is 1. The number of hydrogen-bond donors (Lipinski definition) is 2. The Morgan fingerprint density at radius 2 is 1.79 bits per heavy atom. The molecule has 0 amide bonds. The normalized spacial score (nSPS) is 12.9. The van der Waals surface area contributed by atoms with Crippen LogP contribution in [0.15, 0.2) is 40.6 Å². The Hall–Kier alpha value is -2.18. The van der Waals surface area contributed by atoms with E-state index in [9.17, 15) is 13.2 Å². The van der Waals surface area contributed by atoms with Gasteiger partial charge in [-0.05, 0) is 31.2 Å². The molecule has 0 fully saturated rings. The molecule has 2 aromatic rings. The highest BCUT2D eigenvalue weighted by atomic mass is 32.2. The number of nitrogens with one attached hydrogen (secondary N) is 1. The van der Waals surface area contributed by atoms with Crippen LogP contribution in [0, 0.1) is 18.8 Å². The van der Waals surface area contributed by atoms with Gasteiger partial charge in [-0.25, -0.2) is 13.1 Å². The maximum Gasteiger partial charge on any atom is 0.305 e. The van der Waals surface area contributed by atoms with Gasteiger partial charge in [0.1, 0.15) is 4.21 Å². The van der Waals surface area contributed by atoms with Crippen LogP contribution in [0.5, 0.6) is 0 Å². The highest BCUT2D eigenvalue weighted by molar-refractivity contribution is 7.91. The minimum atomic E-state index is -3.82. The molecule has 150 valence electrons. The van der Waals surface area contributed by atoms with Crippen molar-refractivity contribution in [2.24, 2.45) is 0 Å². The van der Waals surface area contributed by atoms with E-state index in [1.165, 1.54) is 6.07 Å². The fraction of sp³-hybridized carbons (Fsp3) is 0.350. The predicted molar refractivity (Wildman–Crippen MR) is 111 cm³/mol. The molecule has 0 saturated carbocycles. The molecule has 0 aliphatic heterocycles. The van der Waals surface area contributed by atoms with Crippen LogP contribution in [0.2, 0.25) is 0 Å². The summed E-state index contributed by atoms with van der Waals surface area (Å²) >= 11 is 1.06. The number of benzene rings is 1. The first kappa shape index (κ1) is 22.1. The van der Waals surface area contributed by atoms with E-state index < -0.39 is 22.0 Å². The first-order valence-electron chi connectivity index (χ1n) is 8.68. The number of sulfonamides is 1. The molecular formula is C20H25N2O4S2+. The molecule has 0 radical (unpaired) electrons. The molecular weight excluding hydrogens is 396 g/mol. The zero-order chi connectivity index (χ0) is 20.9. The highest BCUT2D eigenvalue weighted by Gasteiger charge is 2.27. The molecule has 6 nitrogen and oxygen atoms in total. The van der Waals surface area contributed by atoms with E-state index in [1.54, 1.807) is 6.07 Å². The van der Waals surface area contributed by atoms with Gasteiger partial charge in [-0.3, -0.25) is 4.79 Å². The van der Waals surface area contributed by atoms with E-state index in [4.69, 9.17) is 5.11 Å². The molecule has 28 heavy (non-hydrogen) atoms. The first-order chi connectivity index (χ1) is 12.9. The summed E-state index contributed by atoms with van der Waals surface area (Å²) in [6.07, 6.45) is -0.278. The molecule has 2 rings (SSSR count). The van der Waals surface area contributed by atoms with Crippen LogP contribution >= 0.6 is 11.3 Å². The van der Waals surface area contributed by atoms with Crippen LogP contribution in [0.4, 0.5) is 0 Å². The number of carboxylic acid groups (broad SMARTS) is 1. The lowest BCUT2D eigenvalue weighted by Crippen LogP contribution is -2.49. The molecule has 0 saturated heterocycles. The molecule has 1 heterocycles. The Bertz CT molecular complexity index is 991. The first-order valence-corrected chi connectivity index (χ1v) is 11.0. The zero-order valence-electron chi connectivity index (χ0n) is 16.4. The number of quaternary nitrogens is 1. The van der Waals surface area contributed by atoms with E-state index >= 15 is 0 Å². The molecule has 0 aliphatic carbocycles. The van der Waals surface area contributed by atoms with E-state index in [0.717, 1.165) is 22.5 Å². The van der Waals surface area contributed by atoms with Gasteiger partial charge in [0.2, 0.25) is 0 Å². The molecule has 0 spiro atoms. The van der Waals surface area contributed by atoms with Crippen molar-refractivity contribution in [2.75, 3.05) is 27.7 Å². The third kappa shape index (κ3) is 7.09. The SMILES string of the molecule is Cc1ccc(C#Cc2ccc(S(=O)(=O)NC(CC(=O)O)C[N+](C)(C)C)s2)cc1. The summed E-state index contributed by atoms with van der Waals surface area (Å²) in [5.74, 6) is 4.95. The maximum absolute atomic E-state index is 12.7. The molecule has 1 aromatic heterocycles. The number of rotatable bonds is 7. The van der Waals surface area contributed by atoms with Crippen molar-refractivity contribution < 1.29 is 22.8 Å². The van der Waals surface area contributed by atoms with Gasteiger partial charge in [0, 0.05) is 5.56 Å². The van der Waals surface area contributed by atoms with Crippen molar-refractivity contribution >= 4 is 27.3 Å². The summed E-state index contributed by atoms with van der Waals surface area (Å²) in [7, 11) is 1.83. The van der Waals surface area contributed by atoms with E-state index in [2.05, 4.69) is 16.6 Å². The molecule has 2 N–H and O–H groups in total. The Kier molecular flexibility index (Phi) is 7.01. The second-order valence-corrected chi connectivity index (χ2v) is 10.6. The number of aryl methyl sites for hydroxylation is 1. The number of carboxylic acids is 1. The van der Waals surface area contributed by atoms with Crippen LogP contribution in [0.25, 0.3) is 0 Å². The third-order valence-electron chi connectivity index (χ3n) is 3.74. The number of nitrogens with zero attached hydrogens (tertiary/aromatic N) is 1. The minimum absolute atomic E-state index is 0.123. The number of hydrogen-bond acceptors (Lipinski definition) is 4. The summed E-state index contributed by atoms with van der Waals surface area (Å²) < 4.78 is 28.5. The van der Waals surface area contributed by atoms with E-state index in [0.29, 0.717) is 15.9 Å². The lowest BCUT2D eigenvalue weighted by molar-refractivity contribution is -0.871. The van der Waals surface area contributed by atoms with Gasteiger partial charge in [0.05, 0.1) is 45.0 Å². The average Bonchev–Trinajstić information content (AvgIpc) is 3.01. The third-order valence-corrected chi connectivity index (χ3v) is 6.75. The van der Waals surface area contributed by atoms with Gasteiger partial charge in [0.25, 0.3) is 10.0 Å². The van der Waals surface area contributed by atoms with Crippen LogP contribution in [-0.2, 0) is 14.8 Å². The van der Waals surface area contributed by atoms with Gasteiger partial charge < -0.3 is 9.59 Å². The van der Waals surface area contributed by atoms with E-state index in [-0.39, 0.29) is 10.6 Å². The van der Waals surface area contributed by atoms with Crippen LogP contribution in [-0.4, -0.2) is 57.7 Å². The van der Waals surface area contributed by atoms with Crippen LogP contribution in [0.3, 0.4) is 0 Å². The lowest BCUT2D eigenvalue weighted by atomic mass is 10.1. The summed E-state index contributed by atoms with van der Waals surface area (Å²) in [5, 5.41) is 9.09. The van der Waals surface area contributed by atoms with Gasteiger partial charge >= 0.3 is 5.97 Å². The fourth-order valence-corrected chi connectivity index (χ4v) is 5.00. The van der Waals surface area contributed by atoms with Gasteiger partial charge in [0.15, 0.2) is 0 Å². The Morgan fingerprint density at radius 1 is 1.14 bits per heavy atom. The minimum Gasteiger partial charge on any atom is -0.481 e.